The van der Waals surface area contributed by atoms with Crippen LogP contribution in [0.3, 0.4) is 0 Å². The molecular weight excluding hydrogens is 318 g/mol. The molecule has 5 rings (SSSR count). The lowest BCUT2D eigenvalue weighted by Gasteiger charge is -2.03. The Labute approximate surface area is 141 Å². The van der Waals surface area contributed by atoms with Crippen molar-refractivity contribution in [1.82, 2.24) is 19.9 Å². The average molecular weight is 331 g/mol. The second kappa shape index (κ2) is 4.94. The number of pyridine rings is 1. The Morgan fingerprint density at radius 3 is 2.88 bits per heavy atom. The summed E-state index contributed by atoms with van der Waals surface area (Å²) in [6.45, 7) is 0. The molecular formula is C18H13N5S. The molecule has 5 nitrogen and oxygen atoms in total. The number of benzene rings is 1. The van der Waals surface area contributed by atoms with Crippen LogP contribution >= 0.6 is 11.3 Å². The van der Waals surface area contributed by atoms with E-state index in [1.54, 1.807) is 0 Å². The second-order valence-electron chi connectivity index (χ2n) is 5.67. The fraction of sp³-hybridized carbons (Fsp3) is 0. The fourth-order valence-corrected chi connectivity index (χ4v) is 3.58. The monoisotopic (exact) mass is 331 g/mol. The van der Waals surface area contributed by atoms with Gasteiger partial charge in [-0.2, -0.15) is 0 Å². The molecule has 0 aliphatic carbocycles. The van der Waals surface area contributed by atoms with Crippen molar-refractivity contribution in [2.24, 2.45) is 0 Å². The number of aromatic nitrogens is 4. The van der Waals surface area contributed by atoms with E-state index >= 15 is 0 Å². The zero-order chi connectivity index (χ0) is 16.1. The van der Waals surface area contributed by atoms with Gasteiger partial charge in [0.25, 0.3) is 0 Å². The number of hydrogen-bond donors (Lipinski definition) is 3. The van der Waals surface area contributed by atoms with Gasteiger partial charge in [-0.25, -0.2) is 9.97 Å². The van der Waals surface area contributed by atoms with Gasteiger partial charge in [-0.05, 0) is 35.2 Å². The van der Waals surface area contributed by atoms with E-state index in [0.29, 0.717) is 5.13 Å². The topological polar surface area (TPSA) is 83.4 Å². The molecule has 6 heteroatoms. The molecule has 0 atom stereocenters. The van der Waals surface area contributed by atoms with Crippen molar-refractivity contribution < 1.29 is 0 Å². The summed E-state index contributed by atoms with van der Waals surface area (Å²) in [5.41, 5.74) is 11.9. The molecule has 0 saturated heterocycles. The van der Waals surface area contributed by atoms with Crippen LogP contribution in [-0.4, -0.2) is 19.9 Å². The summed E-state index contributed by atoms with van der Waals surface area (Å²) in [4.78, 5) is 15.4. The second-order valence-corrected chi connectivity index (χ2v) is 6.56. The third-order valence-electron chi connectivity index (χ3n) is 4.22. The van der Waals surface area contributed by atoms with Crippen molar-refractivity contribution >= 4 is 38.4 Å². The molecule has 4 aromatic heterocycles. The lowest BCUT2D eigenvalue weighted by Crippen LogP contribution is -1.84. The smallest absolute Gasteiger partial charge is 0.180 e. The number of anilines is 1. The third kappa shape index (κ3) is 2.00. The highest BCUT2D eigenvalue weighted by Gasteiger charge is 2.11. The van der Waals surface area contributed by atoms with Crippen LogP contribution in [0.2, 0.25) is 0 Å². The maximum Gasteiger partial charge on any atom is 0.180 e. The van der Waals surface area contributed by atoms with Crippen LogP contribution in [-0.2, 0) is 0 Å². The molecule has 0 fully saturated rings. The van der Waals surface area contributed by atoms with E-state index in [1.807, 2.05) is 24.0 Å². The number of aromatic amines is 2. The number of nitrogen functional groups attached to an aromatic ring is 1. The van der Waals surface area contributed by atoms with E-state index in [1.165, 1.54) is 16.7 Å². The minimum Gasteiger partial charge on any atom is -0.375 e. The maximum absolute atomic E-state index is 5.77. The fourth-order valence-electron chi connectivity index (χ4n) is 3.02. The molecule has 4 heterocycles. The molecule has 116 valence electrons. The van der Waals surface area contributed by atoms with Crippen LogP contribution < -0.4 is 5.73 Å². The summed E-state index contributed by atoms with van der Waals surface area (Å²) in [5, 5.41) is 4.78. The van der Waals surface area contributed by atoms with Crippen LogP contribution in [0.25, 0.3) is 44.3 Å². The standard InChI is InChI=1S/C18H13N5S/c19-18-23-16(9-24-18)14-8-22-17-13(14)6-12(7-21-17)10-1-2-15-11(5-10)3-4-20-15/h1-9,20H,(H2,19,23)(H,21,22). The average Bonchev–Trinajstić information content (AvgIpc) is 3.32. The Morgan fingerprint density at radius 2 is 2.00 bits per heavy atom. The first-order valence-corrected chi connectivity index (χ1v) is 8.42. The summed E-state index contributed by atoms with van der Waals surface area (Å²) in [6, 6.07) is 10.6. The molecule has 5 aromatic rings. The highest BCUT2D eigenvalue weighted by Crippen LogP contribution is 2.32. The SMILES string of the molecule is Nc1nc(-c2c[nH]c3ncc(-c4ccc5[nH]ccc5c4)cc23)cs1. The predicted octanol–water partition coefficient (Wildman–Crippen LogP) is 4.42. The molecule has 0 radical (unpaired) electrons. The molecule has 1 aromatic carbocycles. The molecule has 0 aliphatic rings. The molecule has 0 aliphatic heterocycles. The van der Waals surface area contributed by atoms with Gasteiger partial charge in [0.2, 0.25) is 0 Å². The van der Waals surface area contributed by atoms with Gasteiger partial charge in [-0.1, -0.05) is 6.07 Å². The third-order valence-corrected chi connectivity index (χ3v) is 4.89. The van der Waals surface area contributed by atoms with Crippen molar-refractivity contribution in [1.29, 1.82) is 0 Å². The Bertz CT molecular complexity index is 1180. The number of nitrogens with one attached hydrogen (secondary N) is 2. The summed E-state index contributed by atoms with van der Waals surface area (Å²) < 4.78 is 0. The van der Waals surface area contributed by atoms with Gasteiger partial charge in [-0.15, -0.1) is 11.3 Å². The van der Waals surface area contributed by atoms with E-state index in [9.17, 15) is 0 Å². The normalized spacial score (nSPS) is 11.5. The Morgan fingerprint density at radius 1 is 1.04 bits per heavy atom. The van der Waals surface area contributed by atoms with Crippen molar-refractivity contribution in [2.75, 3.05) is 5.73 Å². The van der Waals surface area contributed by atoms with Gasteiger partial charge in [-0.3, -0.25) is 0 Å². The van der Waals surface area contributed by atoms with Gasteiger partial charge in [0.15, 0.2) is 5.13 Å². The number of nitrogens with two attached hydrogens (primary N) is 1. The Balaban J connectivity index is 1.69. The number of nitrogens with zero attached hydrogens (tertiary/aromatic N) is 2. The van der Waals surface area contributed by atoms with Crippen molar-refractivity contribution in [2.45, 2.75) is 0 Å². The van der Waals surface area contributed by atoms with Crippen LogP contribution in [0.1, 0.15) is 0 Å². The van der Waals surface area contributed by atoms with Crippen LogP contribution in [0.5, 0.6) is 0 Å². The largest absolute Gasteiger partial charge is 0.375 e. The zero-order valence-electron chi connectivity index (χ0n) is 12.6. The number of H-pyrrole nitrogens is 2. The highest BCUT2D eigenvalue weighted by atomic mass is 32.1. The molecule has 24 heavy (non-hydrogen) atoms. The van der Waals surface area contributed by atoms with E-state index < -0.39 is 0 Å². The summed E-state index contributed by atoms with van der Waals surface area (Å²) in [5.74, 6) is 0. The molecule has 0 unspecified atom stereocenters. The van der Waals surface area contributed by atoms with Gasteiger partial charge in [0, 0.05) is 46.0 Å². The van der Waals surface area contributed by atoms with Crippen LogP contribution in [0.4, 0.5) is 5.13 Å². The highest BCUT2D eigenvalue weighted by molar-refractivity contribution is 7.13. The number of hydrogen-bond acceptors (Lipinski definition) is 4. The van der Waals surface area contributed by atoms with E-state index in [-0.39, 0.29) is 0 Å². The van der Waals surface area contributed by atoms with Crippen molar-refractivity contribution in [3.63, 3.8) is 0 Å². The first-order chi connectivity index (χ1) is 11.8. The van der Waals surface area contributed by atoms with Crippen LogP contribution in [0.15, 0.2) is 54.3 Å². The minimum absolute atomic E-state index is 0.571. The van der Waals surface area contributed by atoms with E-state index in [4.69, 9.17) is 5.73 Å². The predicted molar refractivity (Wildman–Crippen MR) is 98.9 cm³/mol. The molecule has 0 saturated carbocycles. The van der Waals surface area contributed by atoms with Gasteiger partial charge in [0.1, 0.15) is 5.65 Å². The molecule has 0 bridgehead atoms. The van der Waals surface area contributed by atoms with E-state index in [2.05, 4.69) is 50.3 Å². The zero-order valence-corrected chi connectivity index (χ0v) is 13.4. The lowest BCUT2D eigenvalue weighted by atomic mass is 10.0. The minimum atomic E-state index is 0.571. The van der Waals surface area contributed by atoms with Gasteiger partial charge < -0.3 is 15.7 Å². The molecule has 0 spiro atoms. The van der Waals surface area contributed by atoms with Crippen molar-refractivity contribution in [3.05, 3.63) is 54.3 Å². The first kappa shape index (κ1) is 13.3. The Hall–Kier alpha value is -3.12. The first-order valence-electron chi connectivity index (χ1n) is 7.54. The van der Waals surface area contributed by atoms with Gasteiger partial charge >= 0.3 is 0 Å². The maximum atomic E-state index is 5.77. The van der Waals surface area contributed by atoms with Crippen molar-refractivity contribution in [3.8, 4) is 22.4 Å². The molecule has 4 N–H and O–H groups in total. The molecule has 0 amide bonds. The summed E-state index contributed by atoms with van der Waals surface area (Å²) in [6.07, 6.45) is 5.78. The Kier molecular flexibility index (Phi) is 2.74. The lowest BCUT2D eigenvalue weighted by molar-refractivity contribution is 1.32. The van der Waals surface area contributed by atoms with Gasteiger partial charge in [0.05, 0.1) is 5.69 Å². The quantitative estimate of drug-likeness (QED) is 0.448. The summed E-state index contributed by atoms with van der Waals surface area (Å²) in [7, 11) is 0. The number of rotatable bonds is 2. The number of thiazole rings is 1. The summed E-state index contributed by atoms with van der Waals surface area (Å²) >= 11 is 1.44. The van der Waals surface area contributed by atoms with E-state index in [0.717, 1.165) is 38.9 Å². The number of fused-ring (bicyclic) bond motifs is 2. The van der Waals surface area contributed by atoms with Crippen LogP contribution in [0, 0.1) is 0 Å².